The van der Waals surface area contributed by atoms with E-state index in [0.717, 1.165) is 11.1 Å². The molecule has 2 aliphatic rings. The van der Waals surface area contributed by atoms with E-state index in [0.29, 0.717) is 37.2 Å². The lowest BCUT2D eigenvalue weighted by Gasteiger charge is -2.36. The van der Waals surface area contributed by atoms with Crippen molar-refractivity contribution in [3.8, 4) is 0 Å². The van der Waals surface area contributed by atoms with Crippen LogP contribution in [-0.4, -0.2) is 54.4 Å². The van der Waals surface area contributed by atoms with Crippen molar-refractivity contribution in [2.75, 3.05) is 18.9 Å². The van der Waals surface area contributed by atoms with Crippen LogP contribution in [-0.2, 0) is 16.4 Å². The SMILES string of the molecule is CCS(=O)(=O)c1ccc([C@H](CO)C2c3ccc(C(N)=O)cc3CN2CC2CCC(C(F)(F)F)CC2)nc1. The van der Waals surface area contributed by atoms with E-state index in [1.54, 1.807) is 31.2 Å². The van der Waals surface area contributed by atoms with Crippen LogP contribution >= 0.6 is 0 Å². The number of hydrogen-bond donors (Lipinski definition) is 2. The van der Waals surface area contributed by atoms with Gasteiger partial charge in [-0.1, -0.05) is 13.0 Å². The maximum absolute atomic E-state index is 13.2. The number of nitrogens with zero attached hydrogens (tertiary/aromatic N) is 2. The summed E-state index contributed by atoms with van der Waals surface area (Å²) in [6.07, 6.45) is -1.75. The van der Waals surface area contributed by atoms with Crippen molar-refractivity contribution in [1.29, 1.82) is 0 Å². The van der Waals surface area contributed by atoms with Gasteiger partial charge in [-0.2, -0.15) is 13.2 Å². The first-order valence-electron chi connectivity index (χ1n) is 12.5. The topological polar surface area (TPSA) is 114 Å². The number of fused-ring (bicyclic) bond motifs is 1. The van der Waals surface area contributed by atoms with Gasteiger partial charge in [-0.05, 0) is 67.0 Å². The summed E-state index contributed by atoms with van der Waals surface area (Å²) in [5, 5.41) is 10.4. The van der Waals surface area contributed by atoms with E-state index >= 15 is 0 Å². The third kappa shape index (κ3) is 5.83. The average molecular weight is 540 g/mol. The van der Waals surface area contributed by atoms with Crippen molar-refractivity contribution >= 4 is 15.7 Å². The van der Waals surface area contributed by atoms with Crippen LogP contribution < -0.4 is 5.73 Å². The number of nitrogens with two attached hydrogens (primary N) is 1. The molecule has 1 aliphatic heterocycles. The number of carbonyl (C=O) groups is 1. The predicted molar refractivity (Wildman–Crippen MR) is 131 cm³/mol. The number of hydrogen-bond acceptors (Lipinski definition) is 6. The second kappa shape index (κ2) is 10.7. The zero-order valence-electron chi connectivity index (χ0n) is 20.6. The van der Waals surface area contributed by atoms with Crippen LogP contribution in [0.2, 0.25) is 0 Å². The van der Waals surface area contributed by atoms with Gasteiger partial charge < -0.3 is 10.8 Å². The van der Waals surface area contributed by atoms with Crippen LogP contribution in [0.5, 0.6) is 0 Å². The third-order valence-corrected chi connectivity index (χ3v) is 9.49. The molecule has 1 aromatic heterocycles. The Labute approximate surface area is 214 Å². The molecule has 37 heavy (non-hydrogen) atoms. The van der Waals surface area contributed by atoms with Gasteiger partial charge in [0.25, 0.3) is 0 Å². The zero-order chi connectivity index (χ0) is 27.0. The van der Waals surface area contributed by atoms with Gasteiger partial charge in [0.1, 0.15) is 0 Å². The van der Waals surface area contributed by atoms with Gasteiger partial charge in [0.2, 0.25) is 5.91 Å². The molecule has 7 nitrogen and oxygen atoms in total. The number of sulfone groups is 1. The Bertz CT molecular complexity index is 1230. The predicted octanol–water partition coefficient (Wildman–Crippen LogP) is 3.98. The first-order chi connectivity index (χ1) is 17.4. The number of benzene rings is 1. The van der Waals surface area contributed by atoms with Crippen molar-refractivity contribution < 1.29 is 31.5 Å². The van der Waals surface area contributed by atoms with E-state index in [1.165, 1.54) is 12.3 Å². The van der Waals surface area contributed by atoms with E-state index in [2.05, 4.69) is 9.88 Å². The summed E-state index contributed by atoms with van der Waals surface area (Å²) >= 11 is 0. The molecule has 1 aliphatic carbocycles. The summed E-state index contributed by atoms with van der Waals surface area (Å²) in [4.78, 5) is 18.4. The minimum absolute atomic E-state index is 0.0555. The standard InChI is InChI=1S/C26H32F3N3O4S/c1-2-37(35,36)20-8-10-23(31-12-20)22(15-33)24-21-9-5-17(25(30)34)11-18(21)14-32(24)13-16-3-6-19(7-4-16)26(27,28)29/h5,8-12,16,19,22,24,33H,2-4,6-7,13-15H2,1H3,(H2,30,34)/t16?,19?,22-,24?/m0/s1. The van der Waals surface area contributed by atoms with E-state index in [1.807, 2.05) is 0 Å². The van der Waals surface area contributed by atoms with E-state index in [-0.39, 0.29) is 42.1 Å². The van der Waals surface area contributed by atoms with Crippen LogP contribution in [0.1, 0.15) is 71.7 Å². The molecule has 2 atom stereocenters. The molecule has 2 heterocycles. The number of aliphatic hydroxyl groups is 1. The highest BCUT2D eigenvalue weighted by atomic mass is 32.2. The molecule has 1 aromatic carbocycles. The van der Waals surface area contributed by atoms with Crippen molar-refractivity contribution in [2.24, 2.45) is 17.6 Å². The maximum atomic E-state index is 13.2. The number of rotatable bonds is 8. The highest BCUT2D eigenvalue weighted by molar-refractivity contribution is 7.91. The van der Waals surface area contributed by atoms with E-state index in [4.69, 9.17) is 5.73 Å². The highest BCUT2D eigenvalue weighted by Gasteiger charge is 2.43. The minimum Gasteiger partial charge on any atom is -0.396 e. The molecular weight excluding hydrogens is 507 g/mol. The monoisotopic (exact) mass is 539 g/mol. The van der Waals surface area contributed by atoms with Crippen LogP contribution in [0.4, 0.5) is 13.2 Å². The molecule has 0 saturated heterocycles. The molecule has 1 amide bonds. The molecule has 11 heteroatoms. The van der Waals surface area contributed by atoms with Crippen molar-refractivity contribution in [2.45, 2.75) is 62.2 Å². The molecule has 2 aromatic rings. The summed E-state index contributed by atoms with van der Waals surface area (Å²) in [5.41, 5.74) is 8.10. The normalized spacial score (nSPS) is 23.5. The largest absolute Gasteiger partial charge is 0.396 e. The smallest absolute Gasteiger partial charge is 0.391 e. The van der Waals surface area contributed by atoms with Crippen LogP contribution in [0.25, 0.3) is 0 Å². The van der Waals surface area contributed by atoms with Crippen molar-refractivity contribution in [3.63, 3.8) is 0 Å². The first kappa shape index (κ1) is 27.5. The molecule has 202 valence electrons. The number of aromatic nitrogens is 1. The second-order valence-electron chi connectivity index (χ2n) is 10.0. The number of aliphatic hydroxyl groups excluding tert-OH is 1. The highest BCUT2D eigenvalue weighted by Crippen LogP contribution is 2.45. The molecular formula is C26H32F3N3O4S. The van der Waals surface area contributed by atoms with Gasteiger partial charge in [0, 0.05) is 42.5 Å². The van der Waals surface area contributed by atoms with Crippen LogP contribution in [0.15, 0.2) is 41.4 Å². The molecule has 4 rings (SSSR count). The average Bonchev–Trinajstić information content (AvgIpc) is 3.21. The number of amides is 1. The van der Waals surface area contributed by atoms with Gasteiger partial charge in [0.05, 0.1) is 23.2 Å². The molecule has 1 unspecified atom stereocenters. The van der Waals surface area contributed by atoms with Gasteiger partial charge in [-0.3, -0.25) is 14.7 Å². The number of halogens is 3. The lowest BCUT2D eigenvalue weighted by Crippen LogP contribution is -2.36. The van der Waals surface area contributed by atoms with Crippen LogP contribution in [0, 0.1) is 11.8 Å². The van der Waals surface area contributed by atoms with Gasteiger partial charge in [-0.15, -0.1) is 0 Å². The Balaban J connectivity index is 1.63. The molecule has 1 fully saturated rings. The lowest BCUT2D eigenvalue weighted by molar-refractivity contribution is -0.184. The molecule has 0 radical (unpaired) electrons. The third-order valence-electron chi connectivity index (χ3n) is 7.77. The number of carbonyl (C=O) groups excluding carboxylic acids is 1. The molecule has 3 N–H and O–H groups in total. The zero-order valence-corrected chi connectivity index (χ0v) is 21.4. The Hall–Kier alpha value is -2.50. The Kier molecular flexibility index (Phi) is 7.96. The van der Waals surface area contributed by atoms with Gasteiger partial charge in [-0.25, -0.2) is 8.42 Å². The van der Waals surface area contributed by atoms with Crippen molar-refractivity contribution in [1.82, 2.24) is 9.88 Å². The molecule has 0 bridgehead atoms. The minimum atomic E-state index is -4.17. The van der Waals surface area contributed by atoms with Crippen molar-refractivity contribution in [3.05, 3.63) is 58.9 Å². The second-order valence-corrected chi connectivity index (χ2v) is 12.3. The fourth-order valence-electron chi connectivity index (χ4n) is 5.67. The molecule has 0 spiro atoms. The Morgan fingerprint density at radius 1 is 1.19 bits per heavy atom. The summed E-state index contributed by atoms with van der Waals surface area (Å²) in [6, 6.07) is 7.90. The fraction of sp³-hybridized carbons (Fsp3) is 0.538. The maximum Gasteiger partial charge on any atom is 0.391 e. The van der Waals surface area contributed by atoms with Gasteiger partial charge >= 0.3 is 6.18 Å². The lowest BCUT2D eigenvalue weighted by atomic mass is 9.81. The number of primary amides is 1. The van der Waals surface area contributed by atoms with Crippen LogP contribution in [0.3, 0.4) is 0 Å². The van der Waals surface area contributed by atoms with Gasteiger partial charge in [0.15, 0.2) is 9.84 Å². The summed E-state index contributed by atoms with van der Waals surface area (Å²) in [7, 11) is -3.43. The summed E-state index contributed by atoms with van der Waals surface area (Å²) in [5.74, 6) is -2.32. The quantitative estimate of drug-likeness (QED) is 0.525. The fourth-order valence-corrected chi connectivity index (χ4v) is 6.49. The Morgan fingerprint density at radius 2 is 1.89 bits per heavy atom. The summed E-state index contributed by atoms with van der Waals surface area (Å²) in [6.45, 7) is 2.27. The molecule has 1 saturated carbocycles. The Morgan fingerprint density at radius 3 is 2.43 bits per heavy atom. The number of alkyl halides is 3. The first-order valence-corrected chi connectivity index (χ1v) is 14.1. The van der Waals surface area contributed by atoms with E-state index < -0.39 is 33.8 Å². The van der Waals surface area contributed by atoms with E-state index in [9.17, 15) is 31.5 Å². The summed E-state index contributed by atoms with van der Waals surface area (Å²) < 4.78 is 63.9. The number of pyridine rings is 1.